The molecule has 6 rings (SSSR count). The Morgan fingerprint density at radius 3 is 2.15 bits per heavy atom. The summed E-state index contributed by atoms with van der Waals surface area (Å²) in [6.45, 7) is 9.66. The molecule has 0 aromatic heterocycles. The molecule has 0 aromatic rings. The highest BCUT2D eigenvalue weighted by Gasteiger charge is 2.58. The first-order valence-corrected chi connectivity index (χ1v) is 30.9. The summed E-state index contributed by atoms with van der Waals surface area (Å²) >= 11 is 0. The Morgan fingerprint density at radius 2 is 1.48 bits per heavy atom. The summed E-state index contributed by atoms with van der Waals surface area (Å²) in [5, 5.41) is 97.7. The molecule has 1 saturated carbocycles. The summed E-state index contributed by atoms with van der Waals surface area (Å²) in [7, 11) is 4.36. The highest BCUT2D eigenvalue weighted by molar-refractivity contribution is 6.39. The van der Waals surface area contributed by atoms with Crippen LogP contribution in [-0.4, -0.2) is 237 Å². The van der Waals surface area contributed by atoms with Crippen LogP contribution in [0.15, 0.2) is 47.6 Å². The molecule has 494 valence electrons. The van der Waals surface area contributed by atoms with Crippen molar-refractivity contribution in [3.05, 3.63) is 47.6 Å². The Balaban J connectivity index is 1.36. The molecule has 87 heavy (non-hydrogen) atoms. The lowest BCUT2D eigenvalue weighted by Gasteiger charge is -2.42. The molecule has 5 heterocycles. The summed E-state index contributed by atoms with van der Waals surface area (Å²) in [5.74, 6) is -9.54. The Kier molecular flexibility index (Phi) is 27.0. The number of piperidine rings is 1. The number of aliphatic hydroxyl groups excluding tert-OH is 8. The van der Waals surface area contributed by atoms with E-state index in [1.165, 1.54) is 21.3 Å². The highest BCUT2D eigenvalue weighted by Crippen LogP contribution is 2.40. The van der Waals surface area contributed by atoms with Crippen molar-refractivity contribution in [3.8, 4) is 0 Å². The first-order chi connectivity index (χ1) is 41.2. The second kappa shape index (κ2) is 32.5. The van der Waals surface area contributed by atoms with Gasteiger partial charge in [-0.2, -0.15) is 0 Å². The van der Waals surface area contributed by atoms with Crippen LogP contribution < -0.4 is 0 Å². The van der Waals surface area contributed by atoms with Crippen LogP contribution in [0.1, 0.15) is 126 Å². The van der Waals surface area contributed by atoms with Crippen molar-refractivity contribution in [2.24, 2.45) is 35.5 Å². The zero-order chi connectivity index (χ0) is 64.2. The number of amides is 1. The number of rotatable bonds is 13. The van der Waals surface area contributed by atoms with Crippen LogP contribution in [0.4, 0.5) is 0 Å². The van der Waals surface area contributed by atoms with Gasteiger partial charge in [-0.25, -0.2) is 4.79 Å². The number of Topliss-reactive ketones (excluding diaryl/α,β-unsaturated/α-hetero) is 3. The van der Waals surface area contributed by atoms with Crippen molar-refractivity contribution in [2.75, 3.05) is 47.7 Å². The molecule has 4 saturated heterocycles. The second-order valence-corrected chi connectivity index (χ2v) is 25.4. The third-order valence-corrected chi connectivity index (χ3v) is 18.8. The third-order valence-electron chi connectivity index (χ3n) is 18.8. The first-order valence-electron chi connectivity index (χ1n) is 30.9. The Bertz CT molecular complexity index is 2420. The normalized spacial score (nSPS) is 43.8. The van der Waals surface area contributed by atoms with Gasteiger partial charge < -0.3 is 93.5 Å². The average molecular weight is 1240 g/mol. The molecule has 2 bridgehead atoms. The summed E-state index contributed by atoms with van der Waals surface area (Å²) < 4.78 is 53.5. The van der Waals surface area contributed by atoms with Gasteiger partial charge in [-0.1, -0.05) is 71.1 Å². The fourth-order valence-corrected chi connectivity index (χ4v) is 13.1. The molecule has 24 heteroatoms. The van der Waals surface area contributed by atoms with Gasteiger partial charge in [-0.3, -0.25) is 19.2 Å². The van der Waals surface area contributed by atoms with E-state index in [2.05, 4.69) is 0 Å². The molecule has 5 aliphatic heterocycles. The Hall–Kier alpha value is -3.77. The van der Waals surface area contributed by atoms with Crippen LogP contribution in [-0.2, 0) is 66.6 Å². The number of carbonyl (C=O) groups excluding carboxylic acids is 5. The quantitative estimate of drug-likeness (QED) is 0.0721. The van der Waals surface area contributed by atoms with Crippen molar-refractivity contribution < 1.29 is 113 Å². The van der Waals surface area contributed by atoms with Crippen LogP contribution in [0.5, 0.6) is 0 Å². The number of hydrogen-bond acceptors (Lipinski definition) is 23. The molecule has 24 nitrogen and oxygen atoms in total. The minimum atomic E-state index is -2.51. The van der Waals surface area contributed by atoms with E-state index < -0.39 is 182 Å². The lowest BCUT2D eigenvalue weighted by molar-refractivity contribution is -0.347. The molecular formula is C63H99NO23. The van der Waals surface area contributed by atoms with Crippen LogP contribution in [0.2, 0.25) is 0 Å². The number of hydrogen-bond donors (Lipinski definition) is 9. The molecule has 24 atom stereocenters. The maximum Gasteiger partial charge on any atom is 0.329 e. The van der Waals surface area contributed by atoms with Crippen LogP contribution in [0.25, 0.3) is 0 Å². The number of methoxy groups -OCH3 is 3. The molecule has 0 spiro atoms. The summed E-state index contributed by atoms with van der Waals surface area (Å²) in [6, 6.07) is -1.25. The fourth-order valence-electron chi connectivity index (χ4n) is 13.1. The number of allylic oxidation sites excluding steroid dienone is 6. The molecular weight excluding hydrogens is 1140 g/mol. The van der Waals surface area contributed by atoms with Gasteiger partial charge in [-0.15, -0.1) is 0 Å². The van der Waals surface area contributed by atoms with Crippen molar-refractivity contribution in [1.82, 2.24) is 4.90 Å². The largest absolute Gasteiger partial charge is 0.460 e. The van der Waals surface area contributed by atoms with E-state index >= 15 is 0 Å². The van der Waals surface area contributed by atoms with Gasteiger partial charge in [0, 0.05) is 58.5 Å². The molecule has 9 N–H and O–H groups in total. The maximum atomic E-state index is 14.8. The number of aliphatic hydroxyl groups is 9. The van der Waals surface area contributed by atoms with Gasteiger partial charge in [-0.05, 0) is 107 Å². The number of ketones is 3. The maximum absolute atomic E-state index is 14.8. The van der Waals surface area contributed by atoms with Crippen molar-refractivity contribution >= 4 is 29.2 Å². The van der Waals surface area contributed by atoms with Crippen LogP contribution in [0, 0.1) is 35.5 Å². The number of ether oxygens (including phenoxy) is 9. The van der Waals surface area contributed by atoms with Gasteiger partial charge in [0.15, 0.2) is 18.4 Å². The molecule has 1 aliphatic carbocycles. The summed E-state index contributed by atoms with van der Waals surface area (Å²) in [5.41, 5.74) is -1.11. The lowest BCUT2D eigenvalue weighted by atomic mass is 9.78. The van der Waals surface area contributed by atoms with E-state index in [0.717, 1.165) is 10.5 Å². The number of carbonyl (C=O) groups is 5. The van der Waals surface area contributed by atoms with E-state index in [1.54, 1.807) is 33.8 Å². The third kappa shape index (κ3) is 17.4. The predicted octanol–water partition coefficient (Wildman–Crippen LogP) is 1.83. The smallest absolute Gasteiger partial charge is 0.329 e. The fraction of sp³-hybridized carbons (Fsp3) is 0.794. The number of fused-ring (bicyclic) bond motifs is 3. The molecule has 1 amide bonds. The minimum absolute atomic E-state index is 0.00258. The zero-order valence-electron chi connectivity index (χ0n) is 52.2. The summed E-state index contributed by atoms with van der Waals surface area (Å²) in [6.07, 6.45) is -5.60. The molecule has 0 aromatic carbocycles. The molecule has 6 aliphatic rings. The second-order valence-electron chi connectivity index (χ2n) is 25.4. The predicted molar refractivity (Wildman–Crippen MR) is 310 cm³/mol. The average Bonchev–Trinajstić information content (AvgIpc) is 1.99. The topological polar surface area (TPSA) is 354 Å². The minimum Gasteiger partial charge on any atom is -0.460 e. The van der Waals surface area contributed by atoms with Crippen molar-refractivity contribution in [3.63, 3.8) is 0 Å². The molecule has 4 unspecified atom stereocenters. The lowest BCUT2D eigenvalue weighted by Crippen LogP contribution is -2.61. The molecule has 5 fully saturated rings. The van der Waals surface area contributed by atoms with Crippen LogP contribution >= 0.6 is 0 Å². The standard InChI is InChI=1S/C63H99NO23/c1-33-16-12-11-13-17-34(2)45(79-8)28-41-21-19-39(7)63(78,86-41)57(75)58(76)64-23-15-14-18-42(64)59(77)83-46(36(4)26-40-20-22-43(67)47(27-40)80-9)29-44(68)35(3)25-38(6)54(55(81-10)49(69)37(5)24-33)82-32-62(31-66)56(74)53(73)61(87-62)85-60-52(72)51(71)50(70)48(30-65)84-60/h11-13,16-17,25,33,35-37,39-43,45-48,50-56,60-61,65-67,70-74,78H,14-15,18-24,26-32H2,1-10H3/b13-11+,16-12+,34-17+,38-25+/t33-,35-,36-,37-,39-,40?,41+,42?,43-,45+,46+,47-,48+,50+,51-,52+,53-,54-,55+,56-,60?,61+,62?,63-/m1/s1. The van der Waals surface area contributed by atoms with Gasteiger partial charge >= 0.3 is 5.97 Å². The highest BCUT2D eigenvalue weighted by atomic mass is 16.8. The Labute approximate surface area is 510 Å². The van der Waals surface area contributed by atoms with Crippen molar-refractivity contribution in [1.29, 1.82) is 0 Å². The van der Waals surface area contributed by atoms with Crippen LogP contribution in [0.3, 0.4) is 0 Å². The molecule has 0 radical (unpaired) electrons. The van der Waals surface area contributed by atoms with Gasteiger partial charge in [0.2, 0.25) is 5.79 Å². The number of cyclic esters (lactones) is 1. The van der Waals surface area contributed by atoms with E-state index in [9.17, 15) is 69.9 Å². The van der Waals surface area contributed by atoms with Gasteiger partial charge in [0.25, 0.3) is 11.7 Å². The van der Waals surface area contributed by atoms with Gasteiger partial charge in [0.05, 0.1) is 44.2 Å². The van der Waals surface area contributed by atoms with Gasteiger partial charge in [0.1, 0.15) is 72.4 Å². The SMILES string of the molecule is CO[C@H]1C[C@@H]2CC[C@@H](C)[C@@](O)(O2)C(=O)C(=O)N2CCCCC2C(=O)O[C@H]([C@H](C)CC2CC[C@@H](O)[C@H](OC)C2)CC(=O)[C@H](C)/C=C(\C)[C@@H](OCC2(CO)O[C@H](OC3O[C@@H](CO)[C@H](O)[C@@H](O)[C@@H]3O)[C@H](O)[C@H]2O)[C@@H](OC)C(=O)[C@H](C)C[C@H](C)/C=C/C=C/C=C/1C. The van der Waals surface area contributed by atoms with E-state index in [1.807, 2.05) is 51.2 Å². The number of esters is 1. The zero-order valence-corrected chi connectivity index (χ0v) is 52.2. The number of nitrogens with zero attached hydrogens (tertiary/aromatic N) is 1. The summed E-state index contributed by atoms with van der Waals surface area (Å²) in [4.78, 5) is 74.3. The van der Waals surface area contributed by atoms with E-state index in [0.29, 0.717) is 57.8 Å². The van der Waals surface area contributed by atoms with E-state index in [4.69, 9.17) is 42.6 Å². The Morgan fingerprint density at radius 1 is 0.759 bits per heavy atom. The first kappa shape index (κ1) is 72.3. The van der Waals surface area contributed by atoms with Crippen molar-refractivity contribution in [2.45, 2.75) is 235 Å². The monoisotopic (exact) mass is 1240 g/mol. The van der Waals surface area contributed by atoms with E-state index in [-0.39, 0.29) is 43.2 Å².